The Balaban J connectivity index is 1.82. The van der Waals surface area contributed by atoms with Crippen LogP contribution in [0.3, 0.4) is 0 Å². The summed E-state index contributed by atoms with van der Waals surface area (Å²) in [6.07, 6.45) is 0. The molecule has 150 valence electrons. The third-order valence-electron chi connectivity index (χ3n) is 6.22. The quantitative estimate of drug-likeness (QED) is 0.484. The monoisotopic (exact) mass is 421 g/mol. The molecule has 0 saturated carbocycles. The van der Waals surface area contributed by atoms with E-state index in [2.05, 4.69) is 35.1 Å². The molecule has 0 saturated heterocycles. The lowest BCUT2D eigenvalue weighted by atomic mass is 9.78. The minimum atomic E-state index is -3.67. The summed E-state index contributed by atoms with van der Waals surface area (Å²) in [5.74, 6) is 0. The van der Waals surface area contributed by atoms with Gasteiger partial charge < -0.3 is 0 Å². The first-order chi connectivity index (χ1) is 15.1. The second-order valence-corrected chi connectivity index (χ2v) is 9.53. The van der Waals surface area contributed by atoms with Gasteiger partial charge in [-0.25, -0.2) is 8.42 Å². The maximum atomic E-state index is 13.3. The molecule has 1 spiro atoms. The summed E-state index contributed by atoms with van der Waals surface area (Å²) in [5, 5.41) is 0. The number of hydrogen-bond acceptors (Lipinski definition) is 2. The van der Waals surface area contributed by atoms with Gasteiger partial charge >= 0.3 is 0 Å². The Morgan fingerprint density at radius 1 is 0.581 bits per heavy atom. The average Bonchev–Trinajstić information content (AvgIpc) is 3.24. The zero-order valence-electron chi connectivity index (χ0n) is 16.6. The van der Waals surface area contributed by atoms with Crippen molar-refractivity contribution in [2.45, 2.75) is 10.4 Å². The van der Waals surface area contributed by atoms with Crippen molar-refractivity contribution in [1.82, 2.24) is 4.72 Å². The highest BCUT2D eigenvalue weighted by molar-refractivity contribution is 7.90. The second-order valence-electron chi connectivity index (χ2n) is 7.88. The van der Waals surface area contributed by atoms with Gasteiger partial charge in [0.05, 0.1) is 4.90 Å². The Labute approximate surface area is 181 Å². The molecular formula is C27H19NO2S. The van der Waals surface area contributed by atoms with Crippen molar-refractivity contribution >= 4 is 21.2 Å². The van der Waals surface area contributed by atoms with E-state index in [0.29, 0.717) is 4.90 Å². The van der Waals surface area contributed by atoms with E-state index < -0.39 is 15.6 Å². The summed E-state index contributed by atoms with van der Waals surface area (Å²) < 4.78 is 29.7. The molecule has 1 heterocycles. The normalized spacial score (nSPS) is 20.6. The van der Waals surface area contributed by atoms with Crippen LogP contribution in [-0.4, -0.2) is 8.42 Å². The molecule has 0 amide bonds. The number of benzene rings is 4. The Kier molecular flexibility index (Phi) is 3.85. The Morgan fingerprint density at radius 2 is 1.13 bits per heavy atom. The van der Waals surface area contributed by atoms with Crippen LogP contribution in [0.2, 0.25) is 0 Å². The fourth-order valence-corrected chi connectivity index (χ4v) is 6.67. The minimum Gasteiger partial charge on any atom is -0.207 e. The van der Waals surface area contributed by atoms with Gasteiger partial charge in [-0.05, 0) is 39.5 Å². The first kappa shape index (κ1) is 18.3. The second kappa shape index (κ2) is 6.51. The molecule has 4 aromatic carbocycles. The number of hydrogen-bond donors (Lipinski definition) is 1. The van der Waals surface area contributed by atoms with Crippen molar-refractivity contribution in [3.8, 4) is 0 Å². The van der Waals surface area contributed by atoms with Gasteiger partial charge in [0, 0.05) is 5.56 Å². The van der Waals surface area contributed by atoms with Crippen molar-refractivity contribution in [1.29, 1.82) is 0 Å². The molecule has 0 radical (unpaired) electrons. The van der Waals surface area contributed by atoms with Gasteiger partial charge in [0.15, 0.2) is 0 Å². The lowest BCUT2D eigenvalue weighted by Crippen LogP contribution is -2.40. The predicted molar refractivity (Wildman–Crippen MR) is 123 cm³/mol. The van der Waals surface area contributed by atoms with E-state index in [-0.39, 0.29) is 0 Å². The number of rotatable bonds is 2. The molecule has 6 rings (SSSR count). The van der Waals surface area contributed by atoms with Crippen LogP contribution < -0.4 is 4.72 Å². The topological polar surface area (TPSA) is 46.2 Å². The van der Waals surface area contributed by atoms with Crippen LogP contribution in [0.15, 0.2) is 114 Å². The zero-order chi connectivity index (χ0) is 21.1. The van der Waals surface area contributed by atoms with Gasteiger partial charge in [0.1, 0.15) is 5.54 Å². The van der Waals surface area contributed by atoms with Gasteiger partial charge in [-0.15, -0.1) is 0 Å². The maximum Gasteiger partial charge on any atom is 0.242 e. The van der Waals surface area contributed by atoms with Crippen molar-refractivity contribution in [3.05, 3.63) is 137 Å². The molecule has 4 aromatic rings. The highest BCUT2D eigenvalue weighted by atomic mass is 32.2. The Bertz CT molecular complexity index is 1460. The van der Waals surface area contributed by atoms with Gasteiger partial charge in [-0.3, -0.25) is 0 Å². The van der Waals surface area contributed by atoms with E-state index in [4.69, 9.17) is 0 Å². The van der Waals surface area contributed by atoms with Gasteiger partial charge in [-0.1, -0.05) is 103 Å². The van der Waals surface area contributed by atoms with Crippen LogP contribution in [0.4, 0.5) is 0 Å². The standard InChI is InChI=1S/C27H19NO2S/c29-31(30)24-18-10-9-17-23(24)27(28-31)22-16-8-7-15-21(22)25(19-11-3-1-4-12-19)26(27)20-13-5-2-6-14-20/h1-18,28H/t27-/m1/s1. The predicted octanol–water partition coefficient (Wildman–Crippen LogP) is 5.19. The van der Waals surface area contributed by atoms with E-state index in [1.165, 1.54) is 0 Å². The molecule has 1 N–H and O–H groups in total. The van der Waals surface area contributed by atoms with Gasteiger partial charge in [0.25, 0.3) is 0 Å². The smallest absolute Gasteiger partial charge is 0.207 e. The van der Waals surface area contributed by atoms with Crippen LogP contribution in [0.25, 0.3) is 11.1 Å². The summed E-state index contributed by atoms with van der Waals surface area (Å²) in [6.45, 7) is 0. The molecule has 1 atom stereocenters. The summed E-state index contributed by atoms with van der Waals surface area (Å²) in [6, 6.07) is 35.7. The van der Waals surface area contributed by atoms with Crippen molar-refractivity contribution in [2.24, 2.45) is 0 Å². The first-order valence-electron chi connectivity index (χ1n) is 10.2. The molecule has 4 heteroatoms. The molecule has 1 aliphatic heterocycles. The van der Waals surface area contributed by atoms with Crippen molar-refractivity contribution in [3.63, 3.8) is 0 Å². The highest BCUT2D eigenvalue weighted by Gasteiger charge is 2.55. The molecule has 0 fully saturated rings. The molecular weight excluding hydrogens is 402 g/mol. The van der Waals surface area contributed by atoms with E-state index >= 15 is 0 Å². The molecule has 3 nitrogen and oxygen atoms in total. The first-order valence-corrected chi connectivity index (χ1v) is 11.7. The zero-order valence-corrected chi connectivity index (χ0v) is 17.4. The lowest BCUT2D eigenvalue weighted by Gasteiger charge is -2.30. The lowest BCUT2D eigenvalue weighted by molar-refractivity contribution is 0.569. The highest BCUT2D eigenvalue weighted by Crippen LogP contribution is 2.58. The molecule has 0 aromatic heterocycles. The third kappa shape index (κ3) is 2.46. The molecule has 31 heavy (non-hydrogen) atoms. The van der Waals surface area contributed by atoms with Crippen molar-refractivity contribution < 1.29 is 8.42 Å². The number of fused-ring (bicyclic) bond motifs is 4. The fraction of sp³-hybridized carbons (Fsp3) is 0.0370. The van der Waals surface area contributed by atoms with Gasteiger partial charge in [0.2, 0.25) is 10.0 Å². The summed E-state index contributed by atoms with van der Waals surface area (Å²) in [7, 11) is -3.67. The van der Waals surface area contributed by atoms with E-state index in [9.17, 15) is 8.42 Å². The molecule has 0 bridgehead atoms. The minimum absolute atomic E-state index is 0.340. The van der Waals surface area contributed by atoms with Crippen LogP contribution >= 0.6 is 0 Å². The van der Waals surface area contributed by atoms with Crippen LogP contribution in [0.1, 0.15) is 27.8 Å². The van der Waals surface area contributed by atoms with Crippen molar-refractivity contribution in [2.75, 3.05) is 0 Å². The van der Waals surface area contributed by atoms with Crippen LogP contribution in [0.5, 0.6) is 0 Å². The average molecular weight is 422 g/mol. The van der Waals surface area contributed by atoms with Crippen LogP contribution in [-0.2, 0) is 15.6 Å². The van der Waals surface area contributed by atoms with E-state index in [0.717, 1.165) is 39.0 Å². The Hall–Kier alpha value is -3.47. The van der Waals surface area contributed by atoms with E-state index in [1.54, 1.807) is 12.1 Å². The SMILES string of the molecule is O=S1(=O)N[C@@]2(C(c3ccccc3)=C(c3ccccc3)c3ccccc32)c2ccccc21. The fourth-order valence-electron chi connectivity index (χ4n) is 5.06. The van der Waals surface area contributed by atoms with Gasteiger partial charge in [-0.2, -0.15) is 4.72 Å². The maximum absolute atomic E-state index is 13.3. The molecule has 1 aliphatic carbocycles. The van der Waals surface area contributed by atoms with Crippen LogP contribution in [0, 0.1) is 0 Å². The number of nitrogens with one attached hydrogen (secondary N) is 1. The third-order valence-corrected chi connectivity index (χ3v) is 7.73. The number of sulfonamides is 1. The Morgan fingerprint density at radius 3 is 1.84 bits per heavy atom. The molecule has 0 unspecified atom stereocenters. The summed E-state index contributed by atoms with van der Waals surface area (Å²) in [4.78, 5) is 0.340. The molecule has 2 aliphatic rings. The largest absolute Gasteiger partial charge is 0.242 e. The summed E-state index contributed by atoms with van der Waals surface area (Å²) >= 11 is 0. The van der Waals surface area contributed by atoms with E-state index in [1.807, 2.05) is 66.7 Å². The summed E-state index contributed by atoms with van der Waals surface area (Å²) in [5.41, 5.74) is 5.89.